The highest BCUT2D eigenvalue weighted by molar-refractivity contribution is 4.52. The average molecular weight is 254 g/mol. The molecule has 0 spiro atoms. The van der Waals surface area contributed by atoms with Gasteiger partial charge in [-0.05, 0) is 34.2 Å². The smallest absolute Gasteiger partial charge is 0.0515 e. The van der Waals surface area contributed by atoms with Gasteiger partial charge < -0.3 is 0 Å². The first kappa shape index (κ1) is 36.0. The molecule has 0 amide bonds. The minimum absolute atomic E-state index is 0. The zero-order valence-corrected chi connectivity index (χ0v) is 9.17. The van der Waals surface area contributed by atoms with Gasteiger partial charge in [0.15, 0.2) is 0 Å². The summed E-state index contributed by atoms with van der Waals surface area (Å²) in [6, 6.07) is 0. The molecule has 0 aliphatic rings. The molecule has 0 rings (SSSR count). The summed E-state index contributed by atoms with van der Waals surface area (Å²) in [7, 11) is 6.36. The van der Waals surface area contributed by atoms with Gasteiger partial charge in [-0.25, -0.2) is 0 Å². The fourth-order valence-corrected chi connectivity index (χ4v) is 1.09. The van der Waals surface area contributed by atoms with Crippen LogP contribution in [0.25, 0.3) is 0 Å². The highest BCUT2D eigenvalue weighted by atomic mass is 15.4. The van der Waals surface area contributed by atoms with Gasteiger partial charge in [-0.15, -0.1) is 0 Å². The Morgan fingerprint density at radius 3 is 1.29 bits per heavy atom. The Labute approximate surface area is 114 Å². The molecule has 0 unspecified atom stereocenters. The van der Waals surface area contributed by atoms with Crippen LogP contribution in [0.3, 0.4) is 0 Å². The molecule has 0 aliphatic carbocycles. The van der Waals surface area contributed by atoms with E-state index in [4.69, 9.17) is 0 Å². The van der Waals surface area contributed by atoms with Crippen molar-refractivity contribution >= 4 is 0 Å². The molecule has 0 atom stereocenters. The van der Waals surface area contributed by atoms with Crippen molar-refractivity contribution in [1.29, 1.82) is 0 Å². The molecule has 17 heavy (non-hydrogen) atoms. The quantitative estimate of drug-likeness (QED) is 0.664. The molecule has 0 heterocycles. The predicted octanol–water partition coefficient (Wildman–Crippen LogP) is 3.92. The molecule has 114 valence electrons. The zero-order chi connectivity index (χ0) is 9.56. The fraction of sp³-hybridized carbons (Fsp3) is 1.00. The second-order valence-electron chi connectivity index (χ2n) is 3.52. The molecule has 0 fully saturated rings. The molecule has 0 saturated heterocycles. The van der Waals surface area contributed by atoms with E-state index in [-0.39, 0.29) is 37.1 Å². The third-order valence-electron chi connectivity index (χ3n) is 1.91. The third kappa shape index (κ3) is 21.7. The summed E-state index contributed by atoms with van der Waals surface area (Å²) >= 11 is 0. The Morgan fingerprint density at radius 1 is 0.647 bits per heavy atom. The normalized spacial score (nSPS) is 8.47. The summed E-state index contributed by atoms with van der Waals surface area (Å²) in [5.41, 5.74) is 0. The summed E-state index contributed by atoms with van der Waals surface area (Å²) < 4.78 is 0. The van der Waals surface area contributed by atoms with Crippen LogP contribution in [0.5, 0.6) is 0 Å². The monoisotopic (exact) mass is 253 g/mol. The Bertz CT molecular complexity index is 106. The molecule has 0 radical (unpaired) electrons. The number of rotatable bonds is 6. The van der Waals surface area contributed by atoms with Gasteiger partial charge in [0.25, 0.3) is 0 Å². The number of hydrogen-bond donors (Lipinski definition) is 0. The fourth-order valence-electron chi connectivity index (χ4n) is 1.09. The minimum Gasteiger partial charge on any atom is -0.297 e. The zero-order valence-electron chi connectivity index (χ0n) is 9.17. The SMILES string of the molecule is C.C.C.C.C.CCN(C)CN(CC)CN(C)C. The maximum atomic E-state index is 2.41. The minimum atomic E-state index is 0. The van der Waals surface area contributed by atoms with E-state index >= 15 is 0 Å². The molecule has 0 saturated carbocycles. The van der Waals surface area contributed by atoms with Crippen LogP contribution in [-0.2, 0) is 0 Å². The summed E-state index contributed by atoms with van der Waals surface area (Å²) in [6.07, 6.45) is 0. The van der Waals surface area contributed by atoms with E-state index in [9.17, 15) is 0 Å². The topological polar surface area (TPSA) is 9.72 Å². The standard InChI is InChI=1S/C9H23N3.5CH4/c1-6-11(5)9-12(7-2)8-10(3)4;;;;;/h6-9H2,1-5H3;5*1H4. The molecule has 0 aromatic heterocycles. The van der Waals surface area contributed by atoms with E-state index in [0.717, 1.165) is 26.4 Å². The number of nitrogens with zero attached hydrogens (tertiary/aromatic N) is 3. The van der Waals surface area contributed by atoms with Gasteiger partial charge in [0.1, 0.15) is 0 Å². The van der Waals surface area contributed by atoms with Crippen molar-refractivity contribution in [2.75, 3.05) is 47.6 Å². The lowest BCUT2D eigenvalue weighted by Crippen LogP contribution is -2.40. The van der Waals surface area contributed by atoms with Crippen molar-refractivity contribution < 1.29 is 0 Å². The maximum absolute atomic E-state index is 2.41. The molecule has 0 aromatic carbocycles. The van der Waals surface area contributed by atoms with Crippen LogP contribution in [-0.4, -0.2) is 62.3 Å². The summed E-state index contributed by atoms with van der Waals surface area (Å²) in [5, 5.41) is 0. The average Bonchev–Trinajstić information content (AvgIpc) is 2.02. The molecule has 0 N–H and O–H groups in total. The van der Waals surface area contributed by atoms with Gasteiger partial charge in [-0.1, -0.05) is 51.0 Å². The largest absolute Gasteiger partial charge is 0.297 e. The summed E-state index contributed by atoms with van der Waals surface area (Å²) in [5.74, 6) is 0. The van der Waals surface area contributed by atoms with E-state index in [0.29, 0.717) is 0 Å². The van der Waals surface area contributed by atoms with Crippen LogP contribution in [0, 0.1) is 0 Å². The molecule has 0 aromatic rings. The van der Waals surface area contributed by atoms with Gasteiger partial charge in [-0.2, -0.15) is 0 Å². The molecular formula is C14H43N3. The van der Waals surface area contributed by atoms with E-state index in [1.165, 1.54) is 0 Å². The second kappa shape index (κ2) is 21.2. The molecule has 3 nitrogen and oxygen atoms in total. The lowest BCUT2D eigenvalue weighted by atomic mass is 10.5. The first-order chi connectivity index (χ1) is 5.60. The van der Waals surface area contributed by atoms with E-state index in [2.05, 4.69) is 49.7 Å². The summed E-state index contributed by atoms with van der Waals surface area (Å²) in [4.78, 5) is 6.92. The molecule has 0 aliphatic heterocycles. The first-order valence-corrected chi connectivity index (χ1v) is 4.65. The third-order valence-corrected chi connectivity index (χ3v) is 1.91. The molecule has 0 bridgehead atoms. The van der Waals surface area contributed by atoms with Gasteiger partial charge in [0.05, 0.1) is 13.3 Å². The highest BCUT2D eigenvalue weighted by Gasteiger charge is 2.04. The summed E-state index contributed by atoms with van der Waals surface area (Å²) in [6.45, 7) is 8.72. The maximum Gasteiger partial charge on any atom is 0.0515 e. The van der Waals surface area contributed by atoms with Crippen molar-refractivity contribution in [2.45, 2.75) is 51.0 Å². The van der Waals surface area contributed by atoms with Gasteiger partial charge >= 0.3 is 0 Å². The van der Waals surface area contributed by atoms with Crippen LogP contribution < -0.4 is 0 Å². The van der Waals surface area contributed by atoms with Crippen LogP contribution in [0.15, 0.2) is 0 Å². The molecular weight excluding hydrogens is 210 g/mol. The first-order valence-electron chi connectivity index (χ1n) is 4.65. The van der Waals surface area contributed by atoms with Crippen molar-refractivity contribution in [3.05, 3.63) is 0 Å². The van der Waals surface area contributed by atoms with Gasteiger partial charge in [0.2, 0.25) is 0 Å². The van der Waals surface area contributed by atoms with Crippen LogP contribution in [0.1, 0.15) is 51.0 Å². The van der Waals surface area contributed by atoms with Gasteiger partial charge in [-0.3, -0.25) is 14.7 Å². The Kier molecular flexibility index (Phi) is 44.8. The van der Waals surface area contributed by atoms with Gasteiger partial charge in [0, 0.05) is 0 Å². The van der Waals surface area contributed by atoms with E-state index in [1.54, 1.807) is 0 Å². The number of hydrogen-bond acceptors (Lipinski definition) is 3. The lowest BCUT2D eigenvalue weighted by Gasteiger charge is -2.28. The van der Waals surface area contributed by atoms with Crippen molar-refractivity contribution in [1.82, 2.24) is 14.7 Å². The molecule has 3 heteroatoms. The van der Waals surface area contributed by atoms with Crippen LogP contribution in [0.4, 0.5) is 0 Å². The van der Waals surface area contributed by atoms with Crippen molar-refractivity contribution in [3.8, 4) is 0 Å². The van der Waals surface area contributed by atoms with Crippen molar-refractivity contribution in [2.24, 2.45) is 0 Å². The van der Waals surface area contributed by atoms with Crippen LogP contribution in [0.2, 0.25) is 0 Å². The Morgan fingerprint density at radius 2 is 1.06 bits per heavy atom. The highest BCUT2D eigenvalue weighted by Crippen LogP contribution is 1.92. The van der Waals surface area contributed by atoms with E-state index in [1.807, 2.05) is 0 Å². The Balaban J connectivity index is -0.0000000605. The predicted molar refractivity (Wildman–Crippen MR) is 87.8 cm³/mol. The second-order valence-corrected chi connectivity index (χ2v) is 3.52. The Hall–Kier alpha value is -0.120. The van der Waals surface area contributed by atoms with Crippen LogP contribution >= 0.6 is 0 Å². The lowest BCUT2D eigenvalue weighted by molar-refractivity contribution is 0.114. The van der Waals surface area contributed by atoms with E-state index < -0.39 is 0 Å². The van der Waals surface area contributed by atoms with Crippen molar-refractivity contribution in [3.63, 3.8) is 0 Å².